The van der Waals surface area contributed by atoms with Crippen LogP contribution in [0, 0.1) is 13.8 Å². The zero-order valence-electron chi connectivity index (χ0n) is 19.4. The third-order valence-electron chi connectivity index (χ3n) is 6.23. The average molecular weight is 449 g/mol. The molecule has 7 nitrogen and oxygen atoms in total. The van der Waals surface area contributed by atoms with Crippen LogP contribution in [0.5, 0.6) is 11.5 Å². The molecule has 0 bridgehead atoms. The molecule has 3 aliphatic rings. The third-order valence-corrected chi connectivity index (χ3v) is 6.23. The van der Waals surface area contributed by atoms with Crippen molar-refractivity contribution >= 4 is 23.1 Å². The minimum absolute atomic E-state index is 0.0483. The van der Waals surface area contributed by atoms with Gasteiger partial charge in [0, 0.05) is 19.2 Å². The Hall–Kier alpha value is -3.32. The monoisotopic (exact) mass is 448 g/mol. The predicted octanol–water partition coefficient (Wildman–Crippen LogP) is 3.47. The van der Waals surface area contributed by atoms with Crippen LogP contribution in [-0.2, 0) is 14.3 Å². The van der Waals surface area contributed by atoms with Crippen LogP contribution < -0.4 is 14.4 Å². The Morgan fingerprint density at radius 3 is 2.24 bits per heavy atom. The fourth-order valence-electron chi connectivity index (χ4n) is 4.91. The molecule has 3 heterocycles. The quantitative estimate of drug-likeness (QED) is 0.670. The van der Waals surface area contributed by atoms with E-state index in [0.29, 0.717) is 54.8 Å². The number of carbonyl (C=O) groups is 2. The van der Waals surface area contributed by atoms with Crippen LogP contribution in [0.25, 0.3) is 5.57 Å². The lowest BCUT2D eigenvalue weighted by molar-refractivity contribution is -0.121. The van der Waals surface area contributed by atoms with Crippen molar-refractivity contribution in [3.05, 3.63) is 58.8 Å². The molecule has 1 fully saturated rings. The maximum Gasteiger partial charge on any atom is 0.282 e. The number of aryl methyl sites for hydroxylation is 2. The van der Waals surface area contributed by atoms with E-state index < -0.39 is 0 Å². The van der Waals surface area contributed by atoms with Gasteiger partial charge in [-0.1, -0.05) is 23.8 Å². The fraction of sp³-hybridized carbons (Fsp3) is 0.385. The number of morpholine rings is 1. The Labute approximate surface area is 193 Å². The molecule has 33 heavy (non-hydrogen) atoms. The first-order valence-corrected chi connectivity index (χ1v) is 11.3. The van der Waals surface area contributed by atoms with Gasteiger partial charge in [-0.15, -0.1) is 0 Å². The summed E-state index contributed by atoms with van der Waals surface area (Å²) in [5.41, 5.74) is 4.19. The van der Waals surface area contributed by atoms with Gasteiger partial charge in [-0.25, -0.2) is 4.90 Å². The van der Waals surface area contributed by atoms with Gasteiger partial charge in [0.25, 0.3) is 11.8 Å². The number of imide groups is 1. The molecular weight excluding hydrogens is 420 g/mol. The van der Waals surface area contributed by atoms with E-state index in [9.17, 15) is 9.59 Å². The zero-order chi connectivity index (χ0) is 23.3. The average Bonchev–Trinajstić information content (AvgIpc) is 3.02. The number of benzene rings is 2. The van der Waals surface area contributed by atoms with Gasteiger partial charge in [0.15, 0.2) is 11.5 Å². The topological polar surface area (TPSA) is 68.3 Å². The molecule has 5 rings (SSSR count). The largest absolute Gasteiger partial charge is 0.486 e. The summed E-state index contributed by atoms with van der Waals surface area (Å²) in [6, 6.07) is 11.1. The van der Waals surface area contributed by atoms with Gasteiger partial charge in [0.05, 0.1) is 23.5 Å². The Morgan fingerprint density at radius 1 is 0.848 bits per heavy atom. The van der Waals surface area contributed by atoms with Gasteiger partial charge < -0.3 is 19.1 Å². The summed E-state index contributed by atoms with van der Waals surface area (Å²) < 4.78 is 17.2. The molecule has 2 atom stereocenters. The number of carbonyl (C=O) groups excluding carboxylic acids is 2. The van der Waals surface area contributed by atoms with Crippen molar-refractivity contribution in [3.8, 4) is 11.5 Å². The normalized spacial score (nSPS) is 22.9. The maximum atomic E-state index is 13.9. The molecule has 0 spiro atoms. The number of anilines is 1. The molecule has 2 aromatic rings. The first-order chi connectivity index (χ1) is 15.8. The summed E-state index contributed by atoms with van der Waals surface area (Å²) in [4.78, 5) is 31.0. The minimum atomic E-state index is -0.328. The highest BCUT2D eigenvalue weighted by atomic mass is 16.6. The van der Waals surface area contributed by atoms with Gasteiger partial charge in [-0.2, -0.15) is 0 Å². The van der Waals surface area contributed by atoms with Crippen molar-refractivity contribution in [2.75, 3.05) is 31.2 Å². The van der Waals surface area contributed by atoms with Crippen molar-refractivity contribution < 1.29 is 23.8 Å². The lowest BCUT2D eigenvalue weighted by atomic mass is 9.97. The second-order valence-electron chi connectivity index (χ2n) is 8.98. The van der Waals surface area contributed by atoms with Crippen LogP contribution >= 0.6 is 0 Å². The maximum absolute atomic E-state index is 13.9. The molecule has 0 aliphatic carbocycles. The summed E-state index contributed by atoms with van der Waals surface area (Å²) in [5, 5.41) is 0. The van der Waals surface area contributed by atoms with Crippen LogP contribution in [0.15, 0.2) is 42.1 Å². The van der Waals surface area contributed by atoms with E-state index in [1.54, 1.807) is 18.2 Å². The first kappa shape index (κ1) is 21.5. The van der Waals surface area contributed by atoms with Crippen molar-refractivity contribution in [1.29, 1.82) is 0 Å². The number of hydrogen-bond donors (Lipinski definition) is 0. The van der Waals surface area contributed by atoms with Gasteiger partial charge in [0.1, 0.15) is 18.9 Å². The van der Waals surface area contributed by atoms with E-state index in [2.05, 4.69) is 0 Å². The molecule has 0 aromatic heterocycles. The number of hydrogen-bond acceptors (Lipinski definition) is 6. The zero-order valence-corrected chi connectivity index (χ0v) is 19.4. The Bertz CT molecular complexity index is 1160. The predicted molar refractivity (Wildman–Crippen MR) is 124 cm³/mol. The molecule has 7 heteroatoms. The van der Waals surface area contributed by atoms with Crippen LogP contribution in [0.2, 0.25) is 0 Å². The number of fused-ring (bicyclic) bond motifs is 1. The summed E-state index contributed by atoms with van der Waals surface area (Å²) in [6.07, 6.45) is -0.0966. The van der Waals surface area contributed by atoms with Gasteiger partial charge in [-0.3, -0.25) is 9.59 Å². The van der Waals surface area contributed by atoms with Crippen LogP contribution in [0.4, 0.5) is 5.69 Å². The van der Waals surface area contributed by atoms with E-state index in [4.69, 9.17) is 14.2 Å². The van der Waals surface area contributed by atoms with Crippen molar-refractivity contribution in [1.82, 2.24) is 4.90 Å². The number of ether oxygens (including phenoxy) is 3. The van der Waals surface area contributed by atoms with E-state index >= 15 is 0 Å². The summed E-state index contributed by atoms with van der Waals surface area (Å²) in [5.74, 6) is 0.496. The second-order valence-corrected chi connectivity index (χ2v) is 8.98. The molecule has 3 aliphatic heterocycles. The molecule has 172 valence electrons. The summed E-state index contributed by atoms with van der Waals surface area (Å²) in [7, 11) is 0. The summed E-state index contributed by atoms with van der Waals surface area (Å²) >= 11 is 0. The highest BCUT2D eigenvalue weighted by Gasteiger charge is 2.44. The highest BCUT2D eigenvalue weighted by Crippen LogP contribution is 2.40. The van der Waals surface area contributed by atoms with E-state index in [-0.39, 0.29) is 24.0 Å². The lowest BCUT2D eigenvalue weighted by Gasteiger charge is -2.37. The number of nitrogens with zero attached hydrogens (tertiary/aromatic N) is 2. The lowest BCUT2D eigenvalue weighted by Crippen LogP contribution is -2.47. The molecule has 0 N–H and O–H groups in total. The first-order valence-electron chi connectivity index (χ1n) is 11.3. The van der Waals surface area contributed by atoms with Crippen LogP contribution in [0.1, 0.15) is 30.5 Å². The standard InChI is InChI=1S/C26H28N2O5/c1-15-5-7-20(16(2)11-15)23-24(27-13-17(3)33-18(4)14-27)26(30)28(25(23)29)19-6-8-21-22(12-19)32-10-9-31-21/h5-8,11-12,17-18H,9-10,13-14H2,1-4H3. The molecule has 2 aromatic carbocycles. The van der Waals surface area contributed by atoms with Crippen molar-refractivity contribution in [2.45, 2.75) is 39.9 Å². The van der Waals surface area contributed by atoms with Gasteiger partial charge in [-0.05, 0) is 51.0 Å². The molecule has 0 radical (unpaired) electrons. The van der Waals surface area contributed by atoms with Crippen LogP contribution in [0.3, 0.4) is 0 Å². The smallest absolute Gasteiger partial charge is 0.282 e. The Morgan fingerprint density at radius 2 is 1.55 bits per heavy atom. The fourth-order valence-corrected chi connectivity index (χ4v) is 4.91. The van der Waals surface area contributed by atoms with Gasteiger partial charge >= 0.3 is 0 Å². The van der Waals surface area contributed by atoms with Crippen molar-refractivity contribution in [2.24, 2.45) is 0 Å². The molecule has 0 saturated carbocycles. The van der Waals surface area contributed by atoms with Crippen molar-refractivity contribution in [3.63, 3.8) is 0 Å². The SMILES string of the molecule is Cc1ccc(C2=C(N3CC(C)OC(C)C3)C(=O)N(c3ccc4c(c3)OCCO4)C2=O)c(C)c1. The van der Waals surface area contributed by atoms with E-state index in [1.807, 2.05) is 50.8 Å². The minimum Gasteiger partial charge on any atom is -0.486 e. The summed E-state index contributed by atoms with van der Waals surface area (Å²) in [6.45, 7) is 9.95. The van der Waals surface area contributed by atoms with E-state index in [1.165, 1.54) is 4.90 Å². The van der Waals surface area contributed by atoms with E-state index in [0.717, 1.165) is 16.7 Å². The molecule has 2 unspecified atom stereocenters. The highest BCUT2D eigenvalue weighted by molar-refractivity contribution is 6.45. The number of rotatable bonds is 3. The third kappa shape index (κ3) is 3.76. The molecule has 2 amide bonds. The van der Waals surface area contributed by atoms with Crippen LogP contribution in [-0.4, -0.2) is 55.2 Å². The van der Waals surface area contributed by atoms with Gasteiger partial charge in [0.2, 0.25) is 0 Å². The second kappa shape index (κ2) is 8.23. The Balaban J connectivity index is 1.62. The molecule has 1 saturated heterocycles. The number of amides is 2. The Kier molecular flexibility index (Phi) is 5.37. The molecular formula is C26H28N2O5.